The number of phenols is 1. The quantitative estimate of drug-likeness (QED) is 0.0776. The summed E-state index contributed by atoms with van der Waals surface area (Å²) in [7, 11) is 1.18. The van der Waals surface area contributed by atoms with Crippen LogP contribution in [0.5, 0.6) is 5.75 Å². The summed E-state index contributed by atoms with van der Waals surface area (Å²) in [6.07, 6.45) is -2.21. The lowest BCUT2D eigenvalue weighted by Gasteiger charge is -2.46. The number of nitrogens with zero attached hydrogens (tertiary/aromatic N) is 2. The van der Waals surface area contributed by atoms with E-state index >= 15 is 14.4 Å². The minimum atomic E-state index is -2.21. The molecule has 5 aromatic rings. The third-order valence-corrected chi connectivity index (χ3v) is 12.8. The number of nitrogens with one attached hydrogen (secondary N) is 3. The summed E-state index contributed by atoms with van der Waals surface area (Å²) in [5, 5.41) is 30.1. The molecule has 0 radical (unpaired) electrons. The van der Waals surface area contributed by atoms with Crippen LogP contribution in [0.2, 0.25) is 0 Å². The summed E-state index contributed by atoms with van der Waals surface area (Å²) < 4.78 is 11.5. The van der Waals surface area contributed by atoms with Crippen molar-refractivity contribution in [2.75, 3.05) is 25.1 Å². The molecular weight excluding hydrogens is 869 g/mol. The Morgan fingerprint density at radius 2 is 1.46 bits per heavy atom. The van der Waals surface area contributed by atoms with E-state index in [4.69, 9.17) is 15.2 Å². The Balaban J connectivity index is 1.42. The number of carbonyl (C=O) groups excluding carboxylic acids is 6. The van der Waals surface area contributed by atoms with Crippen molar-refractivity contribution in [3.05, 3.63) is 167 Å². The summed E-state index contributed by atoms with van der Waals surface area (Å²) in [5.74, 6) is 0.153. The number of aromatic hydroxyl groups is 1. The predicted octanol–water partition coefficient (Wildman–Crippen LogP) is 4.83. The van der Waals surface area contributed by atoms with Gasteiger partial charge in [-0.3, -0.25) is 19.3 Å². The van der Waals surface area contributed by atoms with Gasteiger partial charge in [0, 0.05) is 12.1 Å². The third kappa shape index (κ3) is 8.49. The number of aliphatic hydroxyl groups is 1. The number of morpholine rings is 1. The Morgan fingerprint density at radius 1 is 0.824 bits per heavy atom. The first kappa shape index (κ1) is 46.5. The molecule has 8 rings (SSSR count). The molecule has 16 nitrogen and oxygen atoms in total. The van der Waals surface area contributed by atoms with Gasteiger partial charge in [-0.05, 0) is 64.1 Å². The normalized spacial score (nSPS) is 22.5. The molecule has 348 valence electrons. The first-order chi connectivity index (χ1) is 32.8. The van der Waals surface area contributed by atoms with Gasteiger partial charge in [0.05, 0.1) is 43.4 Å². The number of urea groups is 2. The van der Waals surface area contributed by atoms with Crippen LogP contribution in [0.15, 0.2) is 133 Å². The maximum atomic E-state index is 16.4. The summed E-state index contributed by atoms with van der Waals surface area (Å²) in [6, 6.07) is 30.8. The monoisotopic (exact) mass is 918 g/mol. The smallest absolute Gasteiger partial charge is 0.329 e. The number of hydrogen-bond acceptors (Lipinski definition) is 11. The average molecular weight is 919 g/mol. The lowest BCUT2D eigenvalue weighted by atomic mass is 9.65. The lowest BCUT2D eigenvalue weighted by molar-refractivity contribution is -0.178. The fourth-order valence-corrected chi connectivity index (χ4v) is 9.84. The first-order valence-corrected chi connectivity index (χ1v) is 22.0. The molecule has 3 heterocycles. The minimum absolute atomic E-state index is 0.0238. The number of hydrogen-bond donors (Lipinski definition) is 6. The van der Waals surface area contributed by atoms with Crippen molar-refractivity contribution in [3.63, 3.8) is 0 Å². The van der Waals surface area contributed by atoms with Crippen LogP contribution in [-0.4, -0.2) is 83.2 Å². The fourth-order valence-electron chi connectivity index (χ4n) is 9.84. The maximum Gasteiger partial charge on any atom is 0.329 e. The standard InChI is InChI=1S/C52H50N6O10/c1-30(2)41(47(62)67-3)56-51(66)57-38-26-21-31(14-13-27-54-50(53)65)28-37(38)52(49(57)64)40(46(61)55-29-39(60)32-15-7-4-8-16-32)43-48(63)68-44(34-19-11-6-12-20-34)42(33-17-9-5-10-18-33)58(43)45(52)35-22-24-36(59)25-23-35/h4-12,15-26,28,30,39-45,59-60H,27,29H2,1-3H3,(H,55,61)(H,56,66)(H3,53,54,65)/t39-,40+,41-,42+,43+,44-,45-,52+/m0/s1. The fraction of sp³-hybridized carbons (Fsp3) is 0.269. The molecule has 2 fully saturated rings. The molecule has 0 unspecified atom stereocenters. The lowest BCUT2D eigenvalue weighted by Crippen LogP contribution is -2.58. The van der Waals surface area contributed by atoms with Crippen LogP contribution in [0.3, 0.4) is 0 Å². The molecule has 5 aromatic carbocycles. The van der Waals surface area contributed by atoms with Crippen molar-refractivity contribution in [2.45, 2.75) is 55.6 Å². The van der Waals surface area contributed by atoms with Crippen LogP contribution in [0, 0.1) is 23.7 Å². The van der Waals surface area contributed by atoms with Crippen LogP contribution in [0.1, 0.15) is 71.5 Å². The van der Waals surface area contributed by atoms with Gasteiger partial charge in [0.2, 0.25) is 11.8 Å². The second kappa shape index (κ2) is 19.5. The van der Waals surface area contributed by atoms with E-state index in [1.54, 1.807) is 68.4 Å². The van der Waals surface area contributed by atoms with E-state index in [0.29, 0.717) is 27.8 Å². The first-order valence-electron chi connectivity index (χ1n) is 22.0. The zero-order valence-corrected chi connectivity index (χ0v) is 37.4. The Kier molecular flexibility index (Phi) is 13.3. The molecule has 3 aliphatic heterocycles. The number of imide groups is 1. The Morgan fingerprint density at radius 3 is 2.07 bits per heavy atom. The number of amides is 6. The average Bonchev–Trinajstić information content (AvgIpc) is 3.80. The molecule has 68 heavy (non-hydrogen) atoms. The number of benzene rings is 5. The van der Waals surface area contributed by atoms with Gasteiger partial charge >= 0.3 is 24.0 Å². The number of rotatable bonds is 11. The van der Waals surface area contributed by atoms with E-state index in [2.05, 4.69) is 27.8 Å². The van der Waals surface area contributed by atoms with E-state index in [1.807, 2.05) is 65.6 Å². The largest absolute Gasteiger partial charge is 0.508 e. The van der Waals surface area contributed by atoms with Crippen molar-refractivity contribution < 1.29 is 48.5 Å². The number of aliphatic hydroxyl groups excluding tert-OH is 1. The van der Waals surface area contributed by atoms with Gasteiger partial charge in [-0.1, -0.05) is 129 Å². The van der Waals surface area contributed by atoms with Crippen LogP contribution in [0.25, 0.3) is 0 Å². The molecular formula is C52H50N6O10. The number of primary amides is 1. The van der Waals surface area contributed by atoms with E-state index in [1.165, 1.54) is 25.3 Å². The molecule has 2 saturated heterocycles. The van der Waals surface area contributed by atoms with Crippen molar-refractivity contribution in [3.8, 4) is 17.6 Å². The van der Waals surface area contributed by atoms with Gasteiger partial charge in [-0.25, -0.2) is 19.3 Å². The third-order valence-electron chi connectivity index (χ3n) is 12.8. The van der Waals surface area contributed by atoms with Crippen LogP contribution in [-0.2, 0) is 34.1 Å². The maximum absolute atomic E-state index is 16.4. The number of ether oxygens (including phenoxy) is 2. The molecule has 1 spiro atoms. The van der Waals surface area contributed by atoms with Gasteiger partial charge < -0.3 is 41.4 Å². The van der Waals surface area contributed by atoms with Crippen molar-refractivity contribution in [1.82, 2.24) is 20.9 Å². The molecule has 8 atom stereocenters. The topological polar surface area (TPSA) is 230 Å². The zero-order valence-electron chi connectivity index (χ0n) is 37.4. The van der Waals surface area contributed by atoms with Crippen LogP contribution >= 0.6 is 0 Å². The SMILES string of the molecule is COC(=O)[C@@H](NC(=O)N1C(=O)[C@@]2(c3cc(C#CCNC(N)=O)ccc31)[C@H](c1ccc(O)cc1)N1[C@H](c3ccccc3)[C@H](c3ccccc3)OC(=O)[C@H]1[C@@H]2C(=O)NC[C@H](O)c1ccccc1)C(C)C. The second-order valence-corrected chi connectivity index (χ2v) is 17.1. The van der Waals surface area contributed by atoms with E-state index in [9.17, 15) is 24.6 Å². The summed E-state index contributed by atoms with van der Waals surface area (Å²) in [4.78, 5) is 89.6. The zero-order chi connectivity index (χ0) is 48.3. The molecule has 3 aliphatic rings. The molecule has 0 aromatic heterocycles. The Labute approximate surface area is 392 Å². The number of anilines is 1. The second-order valence-electron chi connectivity index (χ2n) is 17.1. The van der Waals surface area contributed by atoms with E-state index < -0.39 is 89.4 Å². The van der Waals surface area contributed by atoms with Crippen molar-refractivity contribution >= 4 is 41.5 Å². The number of esters is 2. The molecule has 6 amide bonds. The van der Waals surface area contributed by atoms with Crippen LogP contribution < -0.4 is 26.6 Å². The number of phenolic OH excluding ortho intramolecular Hbond substituents is 1. The summed E-state index contributed by atoms with van der Waals surface area (Å²) >= 11 is 0. The van der Waals surface area contributed by atoms with Crippen molar-refractivity contribution in [1.29, 1.82) is 0 Å². The number of methoxy groups -OCH3 is 1. The number of fused-ring (bicyclic) bond motifs is 3. The van der Waals surface area contributed by atoms with Crippen LogP contribution in [0.4, 0.5) is 15.3 Å². The molecule has 0 aliphatic carbocycles. The predicted molar refractivity (Wildman–Crippen MR) is 248 cm³/mol. The van der Waals surface area contributed by atoms with Gasteiger partial charge in [0.25, 0.3) is 0 Å². The van der Waals surface area contributed by atoms with Crippen molar-refractivity contribution in [2.24, 2.45) is 17.6 Å². The van der Waals surface area contributed by atoms with E-state index in [0.717, 1.165) is 4.90 Å². The number of carbonyl (C=O) groups is 6. The summed E-state index contributed by atoms with van der Waals surface area (Å²) in [6.45, 7) is 2.91. The number of nitrogens with two attached hydrogens (primary N) is 1. The highest BCUT2D eigenvalue weighted by Crippen LogP contribution is 2.66. The van der Waals surface area contributed by atoms with E-state index in [-0.39, 0.29) is 30.1 Å². The number of cyclic esters (lactones) is 1. The highest BCUT2D eigenvalue weighted by Gasteiger charge is 2.75. The summed E-state index contributed by atoms with van der Waals surface area (Å²) in [5.41, 5.74) is 5.69. The minimum Gasteiger partial charge on any atom is -0.508 e. The van der Waals surface area contributed by atoms with Gasteiger partial charge in [0.15, 0.2) is 0 Å². The van der Waals surface area contributed by atoms with Gasteiger partial charge in [0.1, 0.15) is 29.4 Å². The van der Waals surface area contributed by atoms with Gasteiger partial charge in [-0.2, -0.15) is 0 Å². The molecule has 16 heteroatoms. The molecule has 0 bridgehead atoms. The highest BCUT2D eigenvalue weighted by atomic mass is 16.6. The Bertz CT molecular complexity index is 2780. The Hall–Kier alpha value is -8.00. The highest BCUT2D eigenvalue weighted by molar-refractivity contribution is 6.25. The van der Waals surface area contributed by atoms with Gasteiger partial charge in [-0.15, -0.1) is 0 Å². The molecule has 7 N–H and O–H groups in total. The molecule has 0 saturated carbocycles.